The third-order valence-corrected chi connectivity index (χ3v) is 2.95. The molecule has 0 spiro atoms. The van der Waals surface area contributed by atoms with Crippen LogP contribution in [0.4, 0.5) is 19.3 Å². The number of rotatable bonds is 5. The topological polar surface area (TPSA) is 122 Å². The summed E-state index contributed by atoms with van der Waals surface area (Å²) in [7, 11) is -4.57. The molecule has 0 saturated carbocycles. The highest BCUT2D eigenvalue weighted by Crippen LogP contribution is 2.21. The Kier molecular flexibility index (Phi) is 5.02. The van der Waals surface area contributed by atoms with E-state index in [1.165, 1.54) is 11.6 Å². The van der Waals surface area contributed by atoms with Gasteiger partial charge in [-0.2, -0.15) is 8.42 Å². The van der Waals surface area contributed by atoms with Gasteiger partial charge < -0.3 is 9.84 Å². The highest BCUT2D eigenvalue weighted by Gasteiger charge is 2.21. The quantitative estimate of drug-likeness (QED) is 0.744. The van der Waals surface area contributed by atoms with Crippen LogP contribution in [0.3, 0.4) is 0 Å². The van der Waals surface area contributed by atoms with Gasteiger partial charge in [-0.05, 0) is 13.0 Å². The summed E-state index contributed by atoms with van der Waals surface area (Å²) in [5.41, 5.74) is -1.58. The molecule has 0 aliphatic carbocycles. The van der Waals surface area contributed by atoms with Crippen molar-refractivity contribution in [1.82, 2.24) is 4.72 Å². The molecule has 1 amide bonds. The third-order valence-electron chi connectivity index (χ3n) is 2.03. The summed E-state index contributed by atoms with van der Waals surface area (Å²) in [5, 5.41) is 8.81. The van der Waals surface area contributed by atoms with Crippen LogP contribution in [0.15, 0.2) is 12.1 Å². The fourth-order valence-electron chi connectivity index (χ4n) is 1.25. The van der Waals surface area contributed by atoms with Gasteiger partial charge in [0.25, 0.3) is 0 Å². The molecule has 1 aromatic carbocycles. The highest BCUT2D eigenvalue weighted by atomic mass is 32.2. The number of carboxylic acid groups (broad SMARTS) is 1. The zero-order valence-corrected chi connectivity index (χ0v) is 11.3. The van der Waals surface area contributed by atoms with Gasteiger partial charge in [0.15, 0.2) is 11.6 Å². The van der Waals surface area contributed by atoms with Crippen LogP contribution in [0.25, 0.3) is 0 Å². The molecule has 0 radical (unpaired) electrons. The van der Waals surface area contributed by atoms with E-state index in [1.54, 1.807) is 4.72 Å². The average Bonchev–Trinajstić information content (AvgIpc) is 2.32. The van der Waals surface area contributed by atoms with Gasteiger partial charge in [-0.15, -0.1) is 0 Å². The monoisotopic (exact) mass is 324 g/mol. The molecule has 0 atom stereocenters. The molecule has 11 heteroatoms. The van der Waals surface area contributed by atoms with E-state index >= 15 is 0 Å². The summed E-state index contributed by atoms with van der Waals surface area (Å²) in [4.78, 5) is 21.8. The van der Waals surface area contributed by atoms with Gasteiger partial charge in [-0.25, -0.2) is 23.1 Å². The Labute approximate surface area is 117 Å². The fraction of sp³-hybridized carbons (Fsp3) is 0.200. The first-order chi connectivity index (χ1) is 9.66. The standard InChI is InChI=1S/C10H10F2N2O6S/c1-2-20-10(17)14-21(18,19)13-8-4-7(12)6(11)3-5(8)9(15)16/h3-4,13H,2H2,1H3,(H,14,17)(H,15,16). The number of amides is 1. The first kappa shape index (κ1) is 16.6. The van der Waals surface area contributed by atoms with E-state index in [4.69, 9.17) is 5.11 Å². The van der Waals surface area contributed by atoms with Gasteiger partial charge in [0.1, 0.15) is 0 Å². The minimum absolute atomic E-state index is 0.104. The zero-order chi connectivity index (χ0) is 16.2. The number of halogens is 2. The van der Waals surface area contributed by atoms with Gasteiger partial charge in [-0.1, -0.05) is 0 Å². The number of hydrogen-bond acceptors (Lipinski definition) is 5. The molecule has 1 rings (SSSR count). The molecule has 0 aliphatic heterocycles. The van der Waals surface area contributed by atoms with Crippen molar-refractivity contribution in [2.45, 2.75) is 6.92 Å². The maximum Gasteiger partial charge on any atom is 0.422 e. The van der Waals surface area contributed by atoms with E-state index in [2.05, 4.69) is 4.74 Å². The van der Waals surface area contributed by atoms with Crippen molar-refractivity contribution >= 4 is 28.0 Å². The zero-order valence-electron chi connectivity index (χ0n) is 10.5. The Balaban J connectivity index is 3.09. The number of nitrogens with one attached hydrogen (secondary N) is 2. The molecule has 116 valence electrons. The van der Waals surface area contributed by atoms with Crippen molar-refractivity contribution in [3.05, 3.63) is 29.3 Å². The lowest BCUT2D eigenvalue weighted by molar-refractivity contribution is 0.0697. The molecule has 3 N–H and O–H groups in total. The summed E-state index contributed by atoms with van der Waals surface area (Å²) < 4.78 is 56.4. The summed E-state index contributed by atoms with van der Waals surface area (Å²) in [6, 6.07) is 0.642. The van der Waals surface area contributed by atoms with Crippen LogP contribution in [0.2, 0.25) is 0 Å². The summed E-state index contributed by atoms with van der Waals surface area (Å²) in [5.74, 6) is -4.62. The second-order valence-corrected chi connectivity index (χ2v) is 4.96. The van der Waals surface area contributed by atoms with Crippen molar-refractivity contribution in [1.29, 1.82) is 0 Å². The van der Waals surface area contributed by atoms with Crippen molar-refractivity contribution in [2.75, 3.05) is 11.3 Å². The Morgan fingerprint density at radius 3 is 2.38 bits per heavy atom. The number of anilines is 1. The molecule has 0 unspecified atom stereocenters. The molecule has 0 aromatic heterocycles. The molecule has 1 aromatic rings. The lowest BCUT2D eigenvalue weighted by Crippen LogP contribution is -2.36. The van der Waals surface area contributed by atoms with E-state index in [9.17, 15) is 26.8 Å². The van der Waals surface area contributed by atoms with Crippen molar-refractivity contribution < 1.29 is 36.6 Å². The van der Waals surface area contributed by atoms with Crippen LogP contribution in [-0.2, 0) is 14.9 Å². The highest BCUT2D eigenvalue weighted by molar-refractivity contribution is 7.91. The maximum atomic E-state index is 13.1. The van der Waals surface area contributed by atoms with Crippen molar-refractivity contribution in [2.24, 2.45) is 0 Å². The van der Waals surface area contributed by atoms with Crippen molar-refractivity contribution in [3.63, 3.8) is 0 Å². The number of ether oxygens (including phenoxy) is 1. The Hall–Kier alpha value is -2.43. The van der Waals surface area contributed by atoms with Gasteiger partial charge in [-0.3, -0.25) is 4.72 Å². The molecule has 21 heavy (non-hydrogen) atoms. The molecule has 0 bridgehead atoms. The van der Waals surface area contributed by atoms with E-state index in [-0.39, 0.29) is 6.61 Å². The lowest BCUT2D eigenvalue weighted by Gasteiger charge is -2.11. The normalized spacial score (nSPS) is 10.8. The van der Waals surface area contributed by atoms with Crippen LogP contribution >= 0.6 is 0 Å². The van der Waals surface area contributed by atoms with Crippen LogP contribution in [0.5, 0.6) is 0 Å². The van der Waals surface area contributed by atoms with Crippen LogP contribution in [-0.4, -0.2) is 32.2 Å². The minimum atomic E-state index is -4.57. The molecule has 0 saturated heterocycles. The first-order valence-corrected chi connectivity index (χ1v) is 6.84. The van der Waals surface area contributed by atoms with E-state index in [1.807, 2.05) is 0 Å². The number of carbonyl (C=O) groups is 2. The van der Waals surface area contributed by atoms with Crippen LogP contribution in [0, 0.1) is 11.6 Å². The first-order valence-electron chi connectivity index (χ1n) is 5.36. The summed E-state index contributed by atoms with van der Waals surface area (Å²) >= 11 is 0. The number of aromatic carboxylic acids is 1. The molecular formula is C10H10F2N2O6S. The van der Waals surface area contributed by atoms with Gasteiger partial charge >= 0.3 is 22.3 Å². The van der Waals surface area contributed by atoms with E-state index < -0.39 is 45.2 Å². The number of benzene rings is 1. The SMILES string of the molecule is CCOC(=O)NS(=O)(=O)Nc1cc(F)c(F)cc1C(=O)O. The number of carboxylic acids is 1. The second-order valence-electron chi connectivity index (χ2n) is 3.55. The third kappa shape index (κ3) is 4.56. The number of hydrogen-bond donors (Lipinski definition) is 3. The van der Waals surface area contributed by atoms with Crippen LogP contribution in [0.1, 0.15) is 17.3 Å². The fourth-order valence-corrected chi connectivity index (χ4v) is 2.04. The van der Waals surface area contributed by atoms with Crippen LogP contribution < -0.4 is 9.44 Å². The average molecular weight is 324 g/mol. The predicted molar refractivity (Wildman–Crippen MR) is 66.0 cm³/mol. The Bertz CT molecular complexity index is 676. The van der Waals surface area contributed by atoms with Gasteiger partial charge in [0.2, 0.25) is 0 Å². The summed E-state index contributed by atoms with van der Waals surface area (Å²) in [6.45, 7) is 1.32. The maximum absolute atomic E-state index is 13.1. The molecular weight excluding hydrogens is 314 g/mol. The lowest BCUT2D eigenvalue weighted by atomic mass is 10.2. The minimum Gasteiger partial charge on any atom is -0.478 e. The smallest absolute Gasteiger partial charge is 0.422 e. The second kappa shape index (κ2) is 6.35. The molecule has 8 nitrogen and oxygen atoms in total. The largest absolute Gasteiger partial charge is 0.478 e. The molecule has 0 aliphatic rings. The van der Waals surface area contributed by atoms with Crippen molar-refractivity contribution in [3.8, 4) is 0 Å². The van der Waals surface area contributed by atoms with E-state index in [0.29, 0.717) is 12.1 Å². The van der Waals surface area contributed by atoms with Gasteiger partial charge in [0, 0.05) is 6.07 Å². The van der Waals surface area contributed by atoms with Gasteiger partial charge in [0.05, 0.1) is 17.9 Å². The Morgan fingerprint density at radius 2 is 1.86 bits per heavy atom. The van der Waals surface area contributed by atoms with E-state index in [0.717, 1.165) is 0 Å². The summed E-state index contributed by atoms with van der Waals surface area (Å²) in [6.07, 6.45) is -1.32. The number of carbonyl (C=O) groups excluding carboxylic acids is 1. The predicted octanol–water partition coefficient (Wildman–Crippen LogP) is 1.07. The molecule has 0 heterocycles. The molecule has 0 fully saturated rings. The Morgan fingerprint density at radius 1 is 1.29 bits per heavy atom.